The number of nitrogens with zero attached hydrogens (tertiary/aromatic N) is 2. The molecular weight excluding hydrogens is 630 g/mol. The van der Waals surface area contributed by atoms with Gasteiger partial charge in [-0.3, -0.25) is 0 Å². The zero-order valence-corrected chi connectivity index (χ0v) is 32.3. The fraction of sp³-hybridized carbons (Fsp3) is 0.200. The van der Waals surface area contributed by atoms with Crippen LogP contribution < -0.4 is 41.6 Å². The van der Waals surface area contributed by atoms with E-state index >= 15 is 0 Å². The summed E-state index contributed by atoms with van der Waals surface area (Å²) in [5, 5.41) is 8.40. The van der Waals surface area contributed by atoms with Gasteiger partial charge in [0.2, 0.25) is 0 Å². The molecule has 0 aliphatic carbocycles. The van der Waals surface area contributed by atoms with Crippen LogP contribution in [0.25, 0.3) is 0 Å². The molecule has 0 radical (unpaired) electrons. The van der Waals surface area contributed by atoms with Gasteiger partial charge in [0.25, 0.3) is 0 Å². The Hall–Kier alpha value is -4.22. The summed E-state index contributed by atoms with van der Waals surface area (Å²) in [6.45, 7) is 15.9. The van der Waals surface area contributed by atoms with Crippen molar-refractivity contribution in [2.24, 2.45) is 0 Å². The van der Waals surface area contributed by atoms with E-state index in [9.17, 15) is 0 Å². The molecule has 1 heterocycles. The molecule has 7 rings (SSSR count). The topological polar surface area (TPSA) is 6.48 Å². The Kier molecular flexibility index (Phi) is 8.77. The van der Waals surface area contributed by atoms with E-state index in [1.807, 2.05) is 0 Å². The molecule has 4 heteroatoms. The van der Waals surface area contributed by atoms with Crippen molar-refractivity contribution < 1.29 is 0 Å². The molecule has 0 amide bonds. The van der Waals surface area contributed by atoms with Crippen LogP contribution in [0.1, 0.15) is 33.4 Å². The van der Waals surface area contributed by atoms with Crippen molar-refractivity contribution >= 4 is 69.8 Å². The van der Waals surface area contributed by atoms with E-state index in [-0.39, 0.29) is 0 Å². The van der Waals surface area contributed by atoms with Crippen LogP contribution in [0, 0.1) is 41.5 Å². The first-order chi connectivity index (χ1) is 23.4. The third-order valence-corrected chi connectivity index (χ3v) is 17.5. The van der Waals surface area contributed by atoms with Crippen molar-refractivity contribution in [2.45, 2.75) is 41.5 Å². The van der Waals surface area contributed by atoms with Crippen LogP contribution in [0.15, 0.2) is 121 Å². The third kappa shape index (κ3) is 5.90. The van der Waals surface area contributed by atoms with Crippen molar-refractivity contribution in [1.82, 2.24) is 0 Å². The van der Waals surface area contributed by atoms with E-state index in [1.54, 1.807) is 0 Å². The number of hydrogen-bond donors (Lipinski definition) is 0. The summed E-state index contributed by atoms with van der Waals surface area (Å²) >= 11 is 0. The fourth-order valence-electron chi connectivity index (χ4n) is 7.57. The van der Waals surface area contributed by atoms with Crippen molar-refractivity contribution in [3.05, 3.63) is 155 Å². The van der Waals surface area contributed by atoms with Crippen molar-refractivity contribution in [1.29, 1.82) is 0 Å². The maximum atomic E-state index is 2.57. The van der Waals surface area contributed by atoms with E-state index in [0.29, 0.717) is 0 Å². The van der Waals surface area contributed by atoms with Gasteiger partial charge in [-0.25, -0.2) is 0 Å². The first-order valence-corrected chi connectivity index (χ1v) is 21.1. The van der Waals surface area contributed by atoms with E-state index < -0.39 is 15.2 Å². The molecule has 248 valence electrons. The van der Waals surface area contributed by atoms with Crippen molar-refractivity contribution in [2.75, 3.05) is 30.6 Å². The number of anilines is 4. The number of benzene rings is 6. The van der Waals surface area contributed by atoms with Crippen LogP contribution in [-0.2, 0) is 0 Å². The van der Waals surface area contributed by atoms with Gasteiger partial charge in [-0.15, -0.1) is 0 Å². The molecule has 0 atom stereocenters. The van der Waals surface area contributed by atoms with Crippen LogP contribution in [0.5, 0.6) is 0 Å². The molecule has 2 nitrogen and oxygen atoms in total. The van der Waals surface area contributed by atoms with Crippen LogP contribution in [0.2, 0.25) is 0 Å². The first kappa shape index (κ1) is 33.3. The third-order valence-electron chi connectivity index (χ3n) is 10.5. The molecule has 0 spiro atoms. The molecule has 1 aliphatic heterocycles. The molecular formula is C45H48N2P2. The van der Waals surface area contributed by atoms with Gasteiger partial charge in [-0.2, -0.15) is 0 Å². The molecule has 6 aromatic rings. The van der Waals surface area contributed by atoms with Gasteiger partial charge >= 0.3 is 297 Å². The zero-order chi connectivity index (χ0) is 34.6. The predicted molar refractivity (Wildman–Crippen MR) is 222 cm³/mol. The Morgan fingerprint density at radius 2 is 0.755 bits per heavy atom. The van der Waals surface area contributed by atoms with Gasteiger partial charge in [0.15, 0.2) is 0 Å². The molecule has 0 saturated heterocycles. The summed E-state index contributed by atoms with van der Waals surface area (Å²) < 4.78 is 0. The summed E-state index contributed by atoms with van der Waals surface area (Å²) in [6.07, 6.45) is 0. The van der Waals surface area contributed by atoms with Gasteiger partial charge in [0, 0.05) is 0 Å². The van der Waals surface area contributed by atoms with E-state index in [1.165, 1.54) is 88.0 Å². The second-order valence-electron chi connectivity index (χ2n) is 14.3. The molecule has 49 heavy (non-hydrogen) atoms. The van der Waals surface area contributed by atoms with Crippen LogP contribution in [0.4, 0.5) is 22.7 Å². The molecule has 0 bridgehead atoms. The van der Waals surface area contributed by atoms with Gasteiger partial charge in [-0.1, -0.05) is 0 Å². The van der Waals surface area contributed by atoms with Crippen LogP contribution in [0.3, 0.4) is 0 Å². The monoisotopic (exact) mass is 678 g/mol. The standard InChI is InChI=1S/C45H48N2P2/c1-30-10-18-36(19-11-30)48-42-22-14-32(3)26-38(42)46(7)40-28-34(5)16-24-44(40)49(9,37-20-12-31(2)13-21-37)45-25-17-35(6)29-41(45)47(8)39-27-33(4)15-23-43(39)48/h10-29,49H,1-9H3. The summed E-state index contributed by atoms with van der Waals surface area (Å²) in [5.41, 5.74) is 12.8. The Bertz CT molecular complexity index is 2070. The first-order valence-electron chi connectivity index (χ1n) is 17.3. The number of aryl methyl sites for hydroxylation is 6. The Balaban J connectivity index is 1.67. The van der Waals surface area contributed by atoms with Crippen molar-refractivity contribution in [3.8, 4) is 0 Å². The Labute approximate surface area is 295 Å². The molecule has 0 fully saturated rings. The Morgan fingerprint density at radius 3 is 1.18 bits per heavy atom. The predicted octanol–water partition coefficient (Wildman–Crippen LogP) is 8.80. The van der Waals surface area contributed by atoms with Crippen LogP contribution in [-0.4, -0.2) is 20.8 Å². The number of rotatable bonds is 2. The maximum absolute atomic E-state index is 2.62. The number of hydrogen-bond acceptors (Lipinski definition) is 2. The average molecular weight is 679 g/mol. The molecule has 1 aliphatic rings. The van der Waals surface area contributed by atoms with Crippen molar-refractivity contribution in [3.63, 3.8) is 0 Å². The molecule has 6 aromatic carbocycles. The zero-order valence-electron chi connectivity index (χ0n) is 30.4. The van der Waals surface area contributed by atoms with E-state index in [2.05, 4.69) is 193 Å². The average Bonchev–Trinajstić information content (AvgIpc) is 3.09. The minimum atomic E-state index is -2.62. The van der Waals surface area contributed by atoms with E-state index in [4.69, 9.17) is 0 Å². The Morgan fingerprint density at radius 1 is 0.408 bits per heavy atom. The summed E-state index contributed by atoms with van der Waals surface area (Å²) in [6, 6.07) is 47.3. The summed E-state index contributed by atoms with van der Waals surface area (Å²) in [4.78, 5) is 5.03. The normalized spacial score (nSPS) is 16.0. The SMILES string of the molecule is Cc1ccc(P2c3ccc(C)cc3N(C)c3cc(C)ccc3[PH](C)(c3ccc(C)cc3)c3ccc(C)cc3N(C)c3cc(C)ccc32)cc1. The second-order valence-corrected chi connectivity index (χ2v) is 20.4. The van der Waals surface area contributed by atoms with Gasteiger partial charge in [-0.05, 0) is 0 Å². The van der Waals surface area contributed by atoms with E-state index in [0.717, 1.165) is 0 Å². The second kappa shape index (κ2) is 12.9. The van der Waals surface area contributed by atoms with Crippen LogP contribution >= 0.6 is 15.2 Å². The quantitative estimate of drug-likeness (QED) is 0.169. The molecule has 0 saturated carbocycles. The number of fused-ring (bicyclic) bond motifs is 4. The van der Waals surface area contributed by atoms with Gasteiger partial charge in [0.1, 0.15) is 0 Å². The molecule has 0 aromatic heterocycles. The summed E-state index contributed by atoms with van der Waals surface area (Å²) in [7, 11) is 1.06. The van der Waals surface area contributed by atoms with Gasteiger partial charge in [0.05, 0.1) is 0 Å². The van der Waals surface area contributed by atoms with Gasteiger partial charge < -0.3 is 0 Å². The fourth-order valence-corrected chi connectivity index (χ4v) is 14.3. The summed E-state index contributed by atoms with van der Waals surface area (Å²) in [5.74, 6) is 0. The molecule has 0 unspecified atom stereocenters. The minimum absolute atomic E-state index is 0.919. The molecule has 0 N–H and O–H groups in total.